The van der Waals surface area contributed by atoms with E-state index in [1.807, 2.05) is 42.5 Å². The van der Waals surface area contributed by atoms with E-state index >= 15 is 0 Å². The van der Waals surface area contributed by atoms with E-state index in [9.17, 15) is 4.39 Å². The second kappa shape index (κ2) is 4.07. The molecule has 0 saturated heterocycles. The zero-order valence-electron chi connectivity index (χ0n) is 9.47. The molecule has 1 aromatic heterocycles. The predicted molar refractivity (Wildman–Crippen MR) is 69.3 cm³/mol. The number of fused-ring (bicyclic) bond motifs is 1. The minimum Gasteiger partial charge on any atom is -0.368 e. The first-order valence-corrected chi connectivity index (χ1v) is 5.52. The molecule has 88 valence electrons. The Hall–Kier alpha value is -2.49. The van der Waals surface area contributed by atoms with Crippen LogP contribution in [0.2, 0.25) is 0 Å². The fourth-order valence-corrected chi connectivity index (χ4v) is 2.00. The zero-order valence-corrected chi connectivity index (χ0v) is 9.47. The number of benzene rings is 2. The molecule has 0 amide bonds. The third kappa shape index (κ3) is 1.68. The molecule has 0 unspecified atom stereocenters. The lowest BCUT2D eigenvalue weighted by atomic mass is 10.0. The summed E-state index contributed by atoms with van der Waals surface area (Å²) in [4.78, 5) is 7.62. The maximum atomic E-state index is 13.8. The smallest absolute Gasteiger partial charge is 0.220 e. The summed E-state index contributed by atoms with van der Waals surface area (Å²) in [5.41, 5.74) is 6.48. The summed E-state index contributed by atoms with van der Waals surface area (Å²) in [7, 11) is 0. The van der Waals surface area contributed by atoms with Gasteiger partial charge in [-0.1, -0.05) is 42.5 Å². The van der Waals surface area contributed by atoms with Crippen molar-refractivity contribution in [3.63, 3.8) is 0 Å². The van der Waals surface area contributed by atoms with Crippen LogP contribution in [0.1, 0.15) is 0 Å². The van der Waals surface area contributed by atoms with Crippen LogP contribution in [0.25, 0.3) is 22.0 Å². The summed E-state index contributed by atoms with van der Waals surface area (Å²) in [6.45, 7) is 0. The molecular formula is C14H10FN3. The van der Waals surface area contributed by atoms with Crippen molar-refractivity contribution in [2.45, 2.75) is 0 Å². The van der Waals surface area contributed by atoms with Crippen LogP contribution >= 0.6 is 0 Å². The fourth-order valence-electron chi connectivity index (χ4n) is 2.00. The highest BCUT2D eigenvalue weighted by molar-refractivity contribution is 5.95. The van der Waals surface area contributed by atoms with E-state index in [0.717, 1.165) is 22.5 Å². The fraction of sp³-hybridized carbons (Fsp3) is 0. The molecule has 2 aromatic carbocycles. The van der Waals surface area contributed by atoms with Crippen LogP contribution in [-0.4, -0.2) is 9.97 Å². The minimum absolute atomic E-state index is 0.0688. The molecule has 1 heterocycles. The van der Waals surface area contributed by atoms with Crippen LogP contribution in [0.4, 0.5) is 10.3 Å². The van der Waals surface area contributed by atoms with Crippen LogP contribution in [0, 0.1) is 5.82 Å². The molecule has 0 aliphatic rings. The summed E-state index contributed by atoms with van der Waals surface area (Å²) >= 11 is 0. The Morgan fingerprint density at radius 3 is 2.67 bits per heavy atom. The van der Waals surface area contributed by atoms with Crippen molar-refractivity contribution in [3.05, 3.63) is 54.5 Å². The second-order valence-corrected chi connectivity index (χ2v) is 3.95. The van der Waals surface area contributed by atoms with Crippen LogP contribution in [0.15, 0.2) is 48.7 Å². The molecule has 0 aliphatic carbocycles. The summed E-state index contributed by atoms with van der Waals surface area (Å²) < 4.78 is 13.8. The number of halogens is 1. The molecule has 18 heavy (non-hydrogen) atoms. The molecule has 0 spiro atoms. The van der Waals surface area contributed by atoms with Gasteiger partial charge in [-0.25, -0.2) is 14.4 Å². The van der Waals surface area contributed by atoms with Gasteiger partial charge in [0.15, 0.2) is 5.82 Å². The van der Waals surface area contributed by atoms with E-state index in [0.29, 0.717) is 0 Å². The monoisotopic (exact) mass is 239 g/mol. The molecule has 0 bridgehead atoms. The number of aromatic nitrogens is 2. The Morgan fingerprint density at radius 2 is 1.78 bits per heavy atom. The summed E-state index contributed by atoms with van der Waals surface area (Å²) in [6, 6.07) is 13.4. The maximum absolute atomic E-state index is 13.8. The van der Waals surface area contributed by atoms with Crippen molar-refractivity contribution in [2.75, 3.05) is 5.73 Å². The molecule has 0 radical (unpaired) electrons. The van der Waals surface area contributed by atoms with Gasteiger partial charge in [0.2, 0.25) is 5.95 Å². The van der Waals surface area contributed by atoms with Crippen LogP contribution in [0.3, 0.4) is 0 Å². The Bertz CT molecular complexity index is 720. The van der Waals surface area contributed by atoms with Crippen LogP contribution < -0.4 is 5.73 Å². The first-order valence-electron chi connectivity index (χ1n) is 5.52. The van der Waals surface area contributed by atoms with Gasteiger partial charge in [0.25, 0.3) is 0 Å². The Kier molecular flexibility index (Phi) is 2.41. The highest BCUT2D eigenvalue weighted by Crippen LogP contribution is 2.28. The minimum atomic E-state index is -0.472. The standard InChI is InChI=1S/C14H10FN3/c15-12-8-17-14(16)18-13(12)11-7-3-5-9-4-1-2-6-10(9)11/h1-8H,(H2,16,17,18). The normalized spacial score (nSPS) is 10.7. The second-order valence-electron chi connectivity index (χ2n) is 3.95. The third-order valence-electron chi connectivity index (χ3n) is 2.81. The molecule has 3 nitrogen and oxygen atoms in total. The van der Waals surface area contributed by atoms with Gasteiger partial charge in [-0.05, 0) is 10.8 Å². The van der Waals surface area contributed by atoms with Gasteiger partial charge in [-0.15, -0.1) is 0 Å². The van der Waals surface area contributed by atoms with Crippen LogP contribution in [-0.2, 0) is 0 Å². The molecule has 3 rings (SSSR count). The van der Waals surface area contributed by atoms with Crippen molar-refractivity contribution in [1.29, 1.82) is 0 Å². The highest BCUT2D eigenvalue weighted by atomic mass is 19.1. The molecule has 2 N–H and O–H groups in total. The predicted octanol–water partition coefficient (Wildman–Crippen LogP) is 3.02. The molecule has 0 saturated carbocycles. The lowest BCUT2D eigenvalue weighted by molar-refractivity contribution is 0.619. The first-order chi connectivity index (χ1) is 8.75. The van der Waals surface area contributed by atoms with E-state index < -0.39 is 5.82 Å². The van der Waals surface area contributed by atoms with Crippen LogP contribution in [0.5, 0.6) is 0 Å². The van der Waals surface area contributed by atoms with E-state index in [1.165, 1.54) is 0 Å². The quantitative estimate of drug-likeness (QED) is 0.710. The first kappa shape index (κ1) is 10.7. The van der Waals surface area contributed by atoms with Gasteiger partial charge in [-0.3, -0.25) is 0 Å². The van der Waals surface area contributed by atoms with Gasteiger partial charge in [-0.2, -0.15) is 0 Å². The molecule has 0 fully saturated rings. The molecule has 4 heteroatoms. The molecule has 3 aromatic rings. The average Bonchev–Trinajstić information content (AvgIpc) is 2.41. The third-order valence-corrected chi connectivity index (χ3v) is 2.81. The lowest BCUT2D eigenvalue weighted by Crippen LogP contribution is -1.99. The van der Waals surface area contributed by atoms with Crippen molar-refractivity contribution >= 4 is 16.7 Å². The maximum Gasteiger partial charge on any atom is 0.220 e. The van der Waals surface area contributed by atoms with Gasteiger partial charge >= 0.3 is 0 Å². The van der Waals surface area contributed by atoms with E-state index in [-0.39, 0.29) is 11.6 Å². The van der Waals surface area contributed by atoms with Gasteiger partial charge in [0.1, 0.15) is 5.69 Å². The summed E-state index contributed by atoms with van der Waals surface area (Å²) in [5.74, 6) is -0.403. The number of hydrogen-bond acceptors (Lipinski definition) is 3. The number of nitrogens with two attached hydrogens (primary N) is 1. The van der Waals surface area contributed by atoms with Crippen molar-refractivity contribution in [3.8, 4) is 11.3 Å². The van der Waals surface area contributed by atoms with E-state index in [1.54, 1.807) is 0 Å². The van der Waals surface area contributed by atoms with E-state index in [4.69, 9.17) is 5.73 Å². The van der Waals surface area contributed by atoms with Crippen molar-refractivity contribution in [1.82, 2.24) is 9.97 Å². The molecule has 0 atom stereocenters. The summed E-state index contributed by atoms with van der Waals surface area (Å²) in [6.07, 6.45) is 1.10. The number of nitrogen functional groups attached to an aromatic ring is 1. The topological polar surface area (TPSA) is 51.8 Å². The molecule has 0 aliphatic heterocycles. The molecular weight excluding hydrogens is 229 g/mol. The largest absolute Gasteiger partial charge is 0.368 e. The van der Waals surface area contributed by atoms with E-state index in [2.05, 4.69) is 9.97 Å². The number of hydrogen-bond donors (Lipinski definition) is 1. The number of anilines is 1. The number of nitrogens with zero attached hydrogens (tertiary/aromatic N) is 2. The Balaban J connectivity index is 2.35. The summed E-state index contributed by atoms with van der Waals surface area (Å²) in [5, 5.41) is 1.98. The average molecular weight is 239 g/mol. The van der Waals surface area contributed by atoms with Crippen molar-refractivity contribution in [2.24, 2.45) is 0 Å². The highest BCUT2D eigenvalue weighted by Gasteiger charge is 2.11. The van der Waals surface area contributed by atoms with Gasteiger partial charge < -0.3 is 5.73 Å². The Labute approximate surface area is 103 Å². The van der Waals surface area contributed by atoms with Crippen molar-refractivity contribution < 1.29 is 4.39 Å². The zero-order chi connectivity index (χ0) is 12.5. The Morgan fingerprint density at radius 1 is 1.00 bits per heavy atom. The SMILES string of the molecule is Nc1ncc(F)c(-c2cccc3ccccc23)n1. The number of rotatable bonds is 1. The van der Waals surface area contributed by atoms with Gasteiger partial charge in [0, 0.05) is 5.56 Å². The van der Waals surface area contributed by atoms with Gasteiger partial charge in [0.05, 0.1) is 6.20 Å². The lowest BCUT2D eigenvalue weighted by Gasteiger charge is -2.07.